The maximum atomic E-state index is 11.8. The van der Waals surface area contributed by atoms with Gasteiger partial charge in [-0.2, -0.15) is 0 Å². The van der Waals surface area contributed by atoms with Crippen LogP contribution in [0.5, 0.6) is 0 Å². The van der Waals surface area contributed by atoms with Gasteiger partial charge < -0.3 is 15.5 Å². The molecule has 18 heavy (non-hydrogen) atoms. The summed E-state index contributed by atoms with van der Waals surface area (Å²) in [5, 5.41) is 6.06. The Labute approximate surface area is 108 Å². The largest absolute Gasteiger partial charge is 0.358 e. The lowest BCUT2D eigenvalue weighted by atomic mass is 10.1. The van der Waals surface area contributed by atoms with Gasteiger partial charge in [-0.1, -0.05) is 19.1 Å². The Kier molecular flexibility index (Phi) is 4.20. The molecule has 98 valence electrons. The first-order valence-corrected chi connectivity index (χ1v) is 6.54. The van der Waals surface area contributed by atoms with Crippen LogP contribution in [-0.4, -0.2) is 32.1 Å². The van der Waals surface area contributed by atoms with E-state index in [1.165, 1.54) is 5.56 Å². The number of nitrogens with one attached hydrogen (secondary N) is 2. The fraction of sp³-hybridized carbons (Fsp3) is 0.500. The fourth-order valence-corrected chi connectivity index (χ4v) is 2.44. The Morgan fingerprint density at radius 3 is 2.72 bits per heavy atom. The van der Waals surface area contributed by atoms with Gasteiger partial charge in [0.05, 0.1) is 0 Å². The molecule has 1 amide bonds. The molecule has 0 radical (unpaired) electrons. The minimum absolute atomic E-state index is 0.0334. The van der Waals surface area contributed by atoms with Gasteiger partial charge in [0.15, 0.2) is 0 Å². The van der Waals surface area contributed by atoms with E-state index in [0.29, 0.717) is 0 Å². The van der Waals surface area contributed by atoms with Crippen molar-refractivity contribution in [3.63, 3.8) is 0 Å². The standard InChI is InChI=1S/C14H21N3O/c1-3-13-14(18)16-8-9-17(13)12-6-4-11(5-7-12)10-15-2/h4-7,13,15H,3,8-10H2,1-2H3,(H,16,18). The average Bonchev–Trinajstić information content (AvgIpc) is 2.40. The van der Waals surface area contributed by atoms with Crippen molar-refractivity contribution < 1.29 is 4.79 Å². The summed E-state index contributed by atoms with van der Waals surface area (Å²) in [6.07, 6.45) is 0.837. The number of piperazine rings is 1. The zero-order valence-corrected chi connectivity index (χ0v) is 11.1. The minimum Gasteiger partial charge on any atom is -0.358 e. The summed E-state index contributed by atoms with van der Waals surface area (Å²) in [5.41, 5.74) is 2.40. The lowest BCUT2D eigenvalue weighted by molar-refractivity contribution is -0.123. The second-order valence-corrected chi connectivity index (χ2v) is 4.61. The SMILES string of the molecule is CCC1C(=O)NCCN1c1ccc(CNC)cc1. The third-order valence-corrected chi connectivity index (χ3v) is 3.37. The smallest absolute Gasteiger partial charge is 0.242 e. The van der Waals surface area contributed by atoms with Crippen molar-refractivity contribution in [3.8, 4) is 0 Å². The van der Waals surface area contributed by atoms with Gasteiger partial charge in [0.2, 0.25) is 5.91 Å². The van der Waals surface area contributed by atoms with Crippen molar-refractivity contribution in [2.75, 3.05) is 25.0 Å². The number of hydrogen-bond donors (Lipinski definition) is 2. The highest BCUT2D eigenvalue weighted by Crippen LogP contribution is 2.21. The summed E-state index contributed by atoms with van der Waals surface area (Å²) in [7, 11) is 1.94. The molecule has 1 aromatic carbocycles. The number of rotatable bonds is 4. The summed E-state index contributed by atoms with van der Waals surface area (Å²) in [4.78, 5) is 14.0. The highest BCUT2D eigenvalue weighted by molar-refractivity contribution is 5.86. The van der Waals surface area contributed by atoms with Crippen molar-refractivity contribution >= 4 is 11.6 Å². The first-order chi connectivity index (χ1) is 8.76. The van der Waals surface area contributed by atoms with E-state index in [0.717, 1.165) is 31.7 Å². The number of carbonyl (C=O) groups excluding carboxylic acids is 1. The molecule has 4 heteroatoms. The third-order valence-electron chi connectivity index (χ3n) is 3.37. The van der Waals surface area contributed by atoms with E-state index in [-0.39, 0.29) is 11.9 Å². The summed E-state index contributed by atoms with van der Waals surface area (Å²) in [6.45, 7) is 4.54. The number of benzene rings is 1. The van der Waals surface area contributed by atoms with E-state index >= 15 is 0 Å². The number of carbonyl (C=O) groups is 1. The molecule has 0 aromatic heterocycles. The number of hydrogen-bond acceptors (Lipinski definition) is 3. The molecule has 0 saturated carbocycles. The van der Waals surface area contributed by atoms with Crippen LogP contribution < -0.4 is 15.5 Å². The molecule has 2 rings (SSSR count). The minimum atomic E-state index is -0.0334. The Hall–Kier alpha value is -1.55. The van der Waals surface area contributed by atoms with Gasteiger partial charge in [-0.3, -0.25) is 4.79 Å². The highest BCUT2D eigenvalue weighted by atomic mass is 16.2. The summed E-state index contributed by atoms with van der Waals surface area (Å²) >= 11 is 0. The number of anilines is 1. The van der Waals surface area contributed by atoms with Crippen molar-refractivity contribution in [1.29, 1.82) is 0 Å². The molecule has 1 unspecified atom stereocenters. The quantitative estimate of drug-likeness (QED) is 0.838. The van der Waals surface area contributed by atoms with Crippen LogP contribution in [0.15, 0.2) is 24.3 Å². The van der Waals surface area contributed by atoms with Gasteiger partial charge in [0.1, 0.15) is 6.04 Å². The molecule has 1 heterocycles. The second-order valence-electron chi connectivity index (χ2n) is 4.61. The van der Waals surface area contributed by atoms with Crippen LogP contribution >= 0.6 is 0 Å². The molecular formula is C14H21N3O. The van der Waals surface area contributed by atoms with Gasteiger partial charge >= 0.3 is 0 Å². The lowest BCUT2D eigenvalue weighted by Crippen LogP contribution is -2.55. The van der Waals surface area contributed by atoms with Crippen LogP contribution in [0.4, 0.5) is 5.69 Å². The van der Waals surface area contributed by atoms with Gasteiger partial charge in [-0.25, -0.2) is 0 Å². The predicted octanol–water partition coefficient (Wildman–Crippen LogP) is 1.12. The summed E-state index contributed by atoms with van der Waals surface area (Å²) < 4.78 is 0. The van der Waals surface area contributed by atoms with E-state index in [2.05, 4.69) is 46.7 Å². The lowest BCUT2D eigenvalue weighted by Gasteiger charge is -2.36. The molecule has 1 atom stereocenters. The van der Waals surface area contributed by atoms with Crippen LogP contribution in [-0.2, 0) is 11.3 Å². The zero-order valence-electron chi connectivity index (χ0n) is 11.1. The van der Waals surface area contributed by atoms with Crippen molar-refractivity contribution in [2.45, 2.75) is 25.9 Å². The molecular weight excluding hydrogens is 226 g/mol. The van der Waals surface area contributed by atoms with Gasteiger partial charge in [0, 0.05) is 25.3 Å². The maximum absolute atomic E-state index is 11.8. The third kappa shape index (κ3) is 2.64. The monoisotopic (exact) mass is 247 g/mol. The zero-order chi connectivity index (χ0) is 13.0. The van der Waals surface area contributed by atoms with E-state index in [4.69, 9.17) is 0 Å². The Morgan fingerprint density at radius 2 is 2.11 bits per heavy atom. The molecule has 1 aliphatic rings. The molecule has 1 saturated heterocycles. The second kappa shape index (κ2) is 5.87. The normalized spacial score (nSPS) is 19.8. The Bertz CT molecular complexity index is 402. The molecule has 1 fully saturated rings. The van der Waals surface area contributed by atoms with Gasteiger partial charge in [0.25, 0.3) is 0 Å². The van der Waals surface area contributed by atoms with E-state index in [9.17, 15) is 4.79 Å². The summed E-state index contributed by atoms with van der Waals surface area (Å²) in [5.74, 6) is 0.142. The number of nitrogens with zero attached hydrogens (tertiary/aromatic N) is 1. The van der Waals surface area contributed by atoms with Gasteiger partial charge in [-0.15, -0.1) is 0 Å². The van der Waals surface area contributed by atoms with Crippen LogP contribution in [0.25, 0.3) is 0 Å². The summed E-state index contributed by atoms with van der Waals surface area (Å²) in [6, 6.07) is 8.41. The maximum Gasteiger partial charge on any atom is 0.242 e. The molecule has 2 N–H and O–H groups in total. The molecule has 1 aliphatic heterocycles. The number of amides is 1. The first-order valence-electron chi connectivity index (χ1n) is 6.54. The van der Waals surface area contributed by atoms with E-state index in [1.54, 1.807) is 0 Å². The fourth-order valence-electron chi connectivity index (χ4n) is 2.44. The van der Waals surface area contributed by atoms with Crippen molar-refractivity contribution in [3.05, 3.63) is 29.8 Å². The van der Waals surface area contributed by atoms with E-state index < -0.39 is 0 Å². The molecule has 0 bridgehead atoms. The Balaban J connectivity index is 2.16. The Morgan fingerprint density at radius 1 is 1.39 bits per heavy atom. The molecule has 0 spiro atoms. The molecule has 4 nitrogen and oxygen atoms in total. The predicted molar refractivity (Wildman–Crippen MR) is 73.6 cm³/mol. The molecule has 0 aliphatic carbocycles. The molecule has 1 aromatic rings. The van der Waals surface area contributed by atoms with Crippen LogP contribution in [0.3, 0.4) is 0 Å². The van der Waals surface area contributed by atoms with Crippen molar-refractivity contribution in [1.82, 2.24) is 10.6 Å². The first kappa shape index (κ1) is 12.9. The van der Waals surface area contributed by atoms with Crippen molar-refractivity contribution in [2.24, 2.45) is 0 Å². The highest BCUT2D eigenvalue weighted by Gasteiger charge is 2.27. The topological polar surface area (TPSA) is 44.4 Å². The van der Waals surface area contributed by atoms with Gasteiger partial charge in [-0.05, 0) is 31.2 Å². The average molecular weight is 247 g/mol. The van der Waals surface area contributed by atoms with Crippen LogP contribution in [0.1, 0.15) is 18.9 Å². The van der Waals surface area contributed by atoms with Crippen LogP contribution in [0, 0.1) is 0 Å². The van der Waals surface area contributed by atoms with Crippen LogP contribution in [0.2, 0.25) is 0 Å². The van der Waals surface area contributed by atoms with E-state index in [1.807, 2.05) is 7.05 Å².